The molecule has 1 aliphatic rings. The number of hydrogen-bond acceptors (Lipinski definition) is 3. The Morgan fingerprint density at radius 1 is 1.34 bits per heavy atom. The molecule has 2 aromatic heterocycles. The molecule has 1 aliphatic heterocycles. The fourth-order valence-corrected chi connectivity index (χ4v) is 3.94. The van der Waals surface area contributed by atoms with Crippen LogP contribution in [0.15, 0.2) is 42.6 Å². The summed E-state index contributed by atoms with van der Waals surface area (Å²) in [6, 6.07) is 8.29. The number of aromatic amines is 1. The third kappa shape index (κ3) is 3.71. The second kappa shape index (κ2) is 7.86. The van der Waals surface area contributed by atoms with Crippen molar-refractivity contribution in [2.75, 3.05) is 20.1 Å². The summed E-state index contributed by atoms with van der Waals surface area (Å²) in [6.07, 6.45) is 4.19. The van der Waals surface area contributed by atoms with Crippen molar-refractivity contribution in [2.24, 2.45) is 0 Å². The Morgan fingerprint density at radius 3 is 2.83 bits per heavy atom. The first-order chi connectivity index (χ1) is 14.0. The normalized spacial score (nSPS) is 15.9. The maximum atomic E-state index is 14.4. The molecule has 0 bridgehead atoms. The van der Waals surface area contributed by atoms with Gasteiger partial charge in [-0.2, -0.15) is 4.31 Å². The topological polar surface area (TPSA) is 98.3 Å². The van der Waals surface area contributed by atoms with E-state index in [0.717, 1.165) is 22.2 Å². The molecule has 0 aliphatic carbocycles. The van der Waals surface area contributed by atoms with Gasteiger partial charge in [0.05, 0.1) is 5.56 Å². The van der Waals surface area contributed by atoms with E-state index < -0.39 is 23.0 Å². The minimum Gasteiger partial charge on any atom is -0.355 e. The Labute approximate surface area is 169 Å². The first-order valence-electron chi connectivity index (χ1n) is 9.03. The number of carbonyl (C=O) groups excluding carboxylic acids is 1. The lowest BCUT2D eigenvalue weighted by atomic mass is 10.0. The zero-order valence-corrected chi connectivity index (χ0v) is 16.4. The highest BCUT2D eigenvalue weighted by molar-refractivity contribution is 7.76. The van der Waals surface area contributed by atoms with Crippen LogP contribution in [0.4, 0.5) is 4.39 Å². The number of fused-ring (bicyclic) bond motifs is 1. The maximum absolute atomic E-state index is 14.4. The van der Waals surface area contributed by atoms with Gasteiger partial charge in [-0.25, -0.2) is 13.6 Å². The molecule has 1 aromatic carbocycles. The van der Waals surface area contributed by atoms with Gasteiger partial charge in [-0.05, 0) is 47.4 Å². The summed E-state index contributed by atoms with van der Waals surface area (Å²) >= 11 is -1.97. The molecule has 3 aromatic rings. The molecule has 1 unspecified atom stereocenters. The van der Waals surface area contributed by atoms with Crippen molar-refractivity contribution in [1.82, 2.24) is 19.6 Å². The fraction of sp³-hybridized carbons (Fsp3) is 0.200. The Bertz CT molecular complexity index is 1160. The highest BCUT2D eigenvalue weighted by atomic mass is 32.2. The van der Waals surface area contributed by atoms with Crippen LogP contribution in [0.5, 0.6) is 0 Å². The number of nitrogens with one attached hydrogen (secondary N) is 2. The third-order valence-corrected chi connectivity index (χ3v) is 5.80. The molecule has 0 fully saturated rings. The van der Waals surface area contributed by atoms with Crippen LogP contribution in [-0.2, 0) is 11.3 Å². The smallest absolute Gasteiger partial charge is 0.253 e. The number of rotatable bonds is 4. The number of pyridine rings is 1. The van der Waals surface area contributed by atoms with Crippen LogP contribution in [0.25, 0.3) is 27.7 Å². The van der Waals surface area contributed by atoms with Gasteiger partial charge in [0.15, 0.2) is 0 Å². The number of H-pyrrole nitrogens is 1. The van der Waals surface area contributed by atoms with Crippen LogP contribution < -0.4 is 5.32 Å². The Kier molecular flexibility index (Phi) is 5.27. The van der Waals surface area contributed by atoms with Crippen LogP contribution in [0, 0.1) is 5.82 Å². The standard InChI is InChI=1S/C20H19FN4O3S/c1-22-20(26)15-3-2-13(10-17(15)21)14-4-7-23-19-16(14)11-18(24-19)12-5-8-25(9-6-12)29(27)28/h2-5,7,10-11H,6,8-9H2,1H3,(H,22,26)(H,23,24)(H,27,28). The predicted octanol–water partition coefficient (Wildman–Crippen LogP) is 2.95. The van der Waals surface area contributed by atoms with E-state index in [2.05, 4.69) is 15.3 Å². The average molecular weight is 414 g/mol. The van der Waals surface area contributed by atoms with Crippen molar-refractivity contribution >= 4 is 33.8 Å². The van der Waals surface area contributed by atoms with E-state index in [4.69, 9.17) is 0 Å². The first-order valence-corrected chi connectivity index (χ1v) is 10.1. The molecular formula is C20H19FN4O3S. The first kappa shape index (κ1) is 19.4. The van der Waals surface area contributed by atoms with Gasteiger partial charge in [-0.3, -0.25) is 9.35 Å². The Balaban J connectivity index is 1.72. The molecule has 1 amide bonds. The highest BCUT2D eigenvalue weighted by Gasteiger charge is 2.19. The van der Waals surface area contributed by atoms with Crippen molar-refractivity contribution in [1.29, 1.82) is 0 Å². The van der Waals surface area contributed by atoms with E-state index in [1.54, 1.807) is 18.3 Å². The van der Waals surface area contributed by atoms with Gasteiger partial charge >= 0.3 is 0 Å². The predicted molar refractivity (Wildman–Crippen MR) is 110 cm³/mol. The molecule has 7 nitrogen and oxygen atoms in total. The zero-order chi connectivity index (χ0) is 20.5. The van der Waals surface area contributed by atoms with E-state index >= 15 is 0 Å². The van der Waals surface area contributed by atoms with Gasteiger partial charge in [0, 0.05) is 37.4 Å². The quantitative estimate of drug-likeness (QED) is 0.572. The molecule has 1 atom stereocenters. The Morgan fingerprint density at radius 2 is 2.17 bits per heavy atom. The average Bonchev–Trinajstić information content (AvgIpc) is 3.17. The maximum Gasteiger partial charge on any atom is 0.253 e. The van der Waals surface area contributed by atoms with Crippen molar-refractivity contribution in [3.05, 3.63) is 59.7 Å². The lowest BCUT2D eigenvalue weighted by Gasteiger charge is -2.21. The number of nitrogens with zero attached hydrogens (tertiary/aromatic N) is 2. The van der Waals surface area contributed by atoms with Crippen LogP contribution in [0.3, 0.4) is 0 Å². The lowest BCUT2D eigenvalue weighted by Crippen LogP contribution is -2.29. The number of carbonyl (C=O) groups is 1. The summed E-state index contributed by atoms with van der Waals surface area (Å²) in [5, 5.41) is 3.26. The molecule has 29 heavy (non-hydrogen) atoms. The van der Waals surface area contributed by atoms with Crippen LogP contribution in [0.1, 0.15) is 22.5 Å². The molecule has 0 radical (unpaired) electrons. The van der Waals surface area contributed by atoms with Gasteiger partial charge in [0.2, 0.25) is 11.3 Å². The van der Waals surface area contributed by atoms with Crippen molar-refractivity contribution in [3.8, 4) is 11.1 Å². The summed E-state index contributed by atoms with van der Waals surface area (Å²) in [7, 11) is 1.46. The van der Waals surface area contributed by atoms with Gasteiger partial charge in [0.1, 0.15) is 11.5 Å². The van der Waals surface area contributed by atoms with E-state index in [1.165, 1.54) is 23.5 Å². The van der Waals surface area contributed by atoms with Crippen molar-refractivity contribution in [3.63, 3.8) is 0 Å². The van der Waals surface area contributed by atoms with E-state index in [1.807, 2.05) is 12.1 Å². The molecule has 3 heterocycles. The number of amides is 1. The fourth-order valence-electron chi connectivity index (χ4n) is 3.49. The number of benzene rings is 1. The number of halogens is 1. The summed E-state index contributed by atoms with van der Waals surface area (Å²) < 4.78 is 36.3. The number of aromatic nitrogens is 2. The molecule has 9 heteroatoms. The number of hydrogen-bond donors (Lipinski definition) is 3. The summed E-state index contributed by atoms with van der Waals surface area (Å²) in [5.41, 5.74) is 4.03. The summed E-state index contributed by atoms with van der Waals surface area (Å²) in [6.45, 7) is 0.872. The second-order valence-electron chi connectivity index (χ2n) is 6.68. The molecule has 150 valence electrons. The Hall–Kier alpha value is -2.88. The lowest BCUT2D eigenvalue weighted by molar-refractivity contribution is 0.0959. The molecule has 0 saturated heterocycles. The van der Waals surface area contributed by atoms with E-state index in [9.17, 15) is 17.9 Å². The minimum atomic E-state index is -1.97. The van der Waals surface area contributed by atoms with Crippen LogP contribution in [0.2, 0.25) is 0 Å². The van der Waals surface area contributed by atoms with Crippen LogP contribution in [-0.4, -0.2) is 49.1 Å². The third-order valence-electron chi connectivity index (χ3n) is 5.02. The van der Waals surface area contributed by atoms with Gasteiger partial charge in [-0.1, -0.05) is 12.1 Å². The molecule has 4 rings (SSSR count). The van der Waals surface area contributed by atoms with E-state index in [-0.39, 0.29) is 5.56 Å². The SMILES string of the molecule is CNC(=O)c1ccc(-c2ccnc3[nH]c(C4=CCN(S(=O)O)CC4)cc23)cc1F. The summed E-state index contributed by atoms with van der Waals surface area (Å²) in [4.78, 5) is 19.4. The molecule has 3 N–H and O–H groups in total. The zero-order valence-electron chi connectivity index (χ0n) is 15.6. The van der Waals surface area contributed by atoms with Gasteiger partial charge in [0.25, 0.3) is 5.91 Å². The largest absolute Gasteiger partial charge is 0.355 e. The van der Waals surface area contributed by atoms with Crippen molar-refractivity contribution in [2.45, 2.75) is 6.42 Å². The van der Waals surface area contributed by atoms with Gasteiger partial charge < -0.3 is 10.3 Å². The van der Waals surface area contributed by atoms with Gasteiger partial charge in [-0.15, -0.1) is 0 Å². The van der Waals surface area contributed by atoms with Crippen LogP contribution >= 0.6 is 0 Å². The molecule has 0 spiro atoms. The monoisotopic (exact) mass is 414 g/mol. The van der Waals surface area contributed by atoms with Crippen molar-refractivity contribution < 1.29 is 17.9 Å². The minimum absolute atomic E-state index is 0.00510. The molecular weight excluding hydrogens is 395 g/mol. The van der Waals surface area contributed by atoms with E-state index in [0.29, 0.717) is 30.7 Å². The highest BCUT2D eigenvalue weighted by Crippen LogP contribution is 2.32. The molecule has 0 saturated carbocycles. The second-order valence-corrected chi connectivity index (χ2v) is 7.65. The summed E-state index contributed by atoms with van der Waals surface area (Å²) in [5.74, 6) is -1.06.